The standard InChI is InChI=1S/C9H5Br2N3O3/c10-5-1-4(2-6(3-5)14(15)16)8-7(11)9(12)13-17-8/h1-3H,(H2,12,13). The van der Waals surface area contributed by atoms with E-state index in [1.807, 2.05) is 0 Å². The number of benzene rings is 1. The first-order valence-corrected chi connectivity index (χ1v) is 5.93. The summed E-state index contributed by atoms with van der Waals surface area (Å²) < 4.78 is 6.06. The number of rotatable bonds is 2. The van der Waals surface area contributed by atoms with Gasteiger partial charge in [-0.3, -0.25) is 10.1 Å². The minimum atomic E-state index is -0.484. The van der Waals surface area contributed by atoms with Gasteiger partial charge in [0.15, 0.2) is 11.6 Å². The number of aromatic nitrogens is 1. The van der Waals surface area contributed by atoms with Gasteiger partial charge in [-0.05, 0) is 22.0 Å². The molecular formula is C9H5Br2N3O3. The summed E-state index contributed by atoms with van der Waals surface area (Å²) in [7, 11) is 0. The van der Waals surface area contributed by atoms with Crippen LogP contribution in [0.1, 0.15) is 0 Å². The Morgan fingerprint density at radius 1 is 1.35 bits per heavy atom. The molecular weight excluding hydrogens is 358 g/mol. The summed E-state index contributed by atoms with van der Waals surface area (Å²) in [4.78, 5) is 10.2. The second-order valence-corrected chi connectivity index (χ2v) is 4.87. The molecule has 0 saturated carbocycles. The van der Waals surface area contributed by atoms with Crippen molar-refractivity contribution in [2.24, 2.45) is 0 Å². The van der Waals surface area contributed by atoms with Gasteiger partial charge in [-0.2, -0.15) is 0 Å². The highest BCUT2D eigenvalue weighted by Crippen LogP contribution is 2.35. The smallest absolute Gasteiger partial charge is 0.271 e. The van der Waals surface area contributed by atoms with Crippen molar-refractivity contribution in [2.45, 2.75) is 0 Å². The molecule has 0 unspecified atom stereocenters. The average Bonchev–Trinajstić information content (AvgIpc) is 2.59. The molecule has 8 heteroatoms. The summed E-state index contributed by atoms with van der Waals surface area (Å²) in [5.74, 6) is 0.550. The number of nitro benzene ring substituents is 1. The number of nitro groups is 1. The topological polar surface area (TPSA) is 95.2 Å². The van der Waals surface area contributed by atoms with Crippen LogP contribution in [0.25, 0.3) is 11.3 Å². The van der Waals surface area contributed by atoms with Crippen molar-refractivity contribution in [3.05, 3.63) is 37.3 Å². The van der Waals surface area contributed by atoms with Crippen LogP contribution in [0.5, 0.6) is 0 Å². The van der Waals surface area contributed by atoms with Gasteiger partial charge >= 0.3 is 0 Å². The monoisotopic (exact) mass is 361 g/mol. The maximum absolute atomic E-state index is 10.7. The van der Waals surface area contributed by atoms with Gasteiger partial charge in [-0.1, -0.05) is 21.1 Å². The van der Waals surface area contributed by atoms with E-state index in [0.29, 0.717) is 20.3 Å². The molecule has 0 bridgehead atoms. The molecule has 88 valence electrons. The summed E-state index contributed by atoms with van der Waals surface area (Å²) >= 11 is 6.40. The molecule has 6 nitrogen and oxygen atoms in total. The summed E-state index contributed by atoms with van der Waals surface area (Å²) in [6.07, 6.45) is 0. The van der Waals surface area contributed by atoms with Crippen molar-refractivity contribution < 1.29 is 9.45 Å². The van der Waals surface area contributed by atoms with E-state index in [-0.39, 0.29) is 11.5 Å². The van der Waals surface area contributed by atoms with E-state index < -0.39 is 4.92 Å². The number of nitrogen functional groups attached to an aromatic ring is 1. The first-order valence-electron chi connectivity index (χ1n) is 4.35. The summed E-state index contributed by atoms with van der Waals surface area (Å²) in [6, 6.07) is 4.46. The van der Waals surface area contributed by atoms with Gasteiger partial charge in [0, 0.05) is 22.2 Å². The van der Waals surface area contributed by atoms with Crippen molar-refractivity contribution in [1.29, 1.82) is 0 Å². The van der Waals surface area contributed by atoms with Gasteiger partial charge in [-0.15, -0.1) is 0 Å². The Morgan fingerprint density at radius 2 is 2.06 bits per heavy atom. The van der Waals surface area contributed by atoms with Crippen molar-refractivity contribution in [3.8, 4) is 11.3 Å². The SMILES string of the molecule is Nc1noc(-c2cc(Br)cc([N+](=O)[O-])c2)c1Br. The van der Waals surface area contributed by atoms with Crippen molar-refractivity contribution in [2.75, 3.05) is 5.73 Å². The third-order valence-corrected chi connectivity index (χ3v) is 3.24. The Morgan fingerprint density at radius 3 is 2.59 bits per heavy atom. The largest absolute Gasteiger partial charge is 0.380 e. The number of anilines is 1. The van der Waals surface area contributed by atoms with Crippen LogP contribution >= 0.6 is 31.9 Å². The van der Waals surface area contributed by atoms with Crippen LogP contribution in [-0.2, 0) is 0 Å². The molecule has 0 radical (unpaired) electrons. The molecule has 0 aliphatic carbocycles. The van der Waals surface area contributed by atoms with E-state index in [4.69, 9.17) is 10.3 Å². The first-order chi connectivity index (χ1) is 7.99. The van der Waals surface area contributed by atoms with E-state index in [1.165, 1.54) is 12.1 Å². The zero-order chi connectivity index (χ0) is 12.6. The highest BCUT2D eigenvalue weighted by molar-refractivity contribution is 9.11. The van der Waals surface area contributed by atoms with Crippen molar-refractivity contribution >= 4 is 43.4 Å². The van der Waals surface area contributed by atoms with Crippen molar-refractivity contribution in [3.63, 3.8) is 0 Å². The van der Waals surface area contributed by atoms with Crippen LogP contribution in [0.3, 0.4) is 0 Å². The zero-order valence-electron chi connectivity index (χ0n) is 8.18. The normalized spacial score (nSPS) is 10.5. The van der Waals surface area contributed by atoms with E-state index in [2.05, 4.69) is 37.0 Å². The van der Waals surface area contributed by atoms with Crippen LogP contribution in [0.15, 0.2) is 31.7 Å². The Labute approximate surface area is 112 Å². The molecule has 1 heterocycles. The predicted molar refractivity (Wildman–Crippen MR) is 68.4 cm³/mol. The lowest BCUT2D eigenvalue weighted by molar-refractivity contribution is -0.384. The van der Waals surface area contributed by atoms with E-state index in [9.17, 15) is 10.1 Å². The lowest BCUT2D eigenvalue weighted by Gasteiger charge is -1.99. The number of non-ortho nitro benzene ring substituents is 1. The predicted octanol–water partition coefficient (Wildman–Crippen LogP) is 3.36. The molecule has 0 atom stereocenters. The molecule has 2 aromatic rings. The lowest BCUT2D eigenvalue weighted by atomic mass is 10.1. The maximum Gasteiger partial charge on any atom is 0.271 e. The fraction of sp³-hybridized carbons (Fsp3) is 0. The number of halogens is 2. The highest BCUT2D eigenvalue weighted by atomic mass is 79.9. The fourth-order valence-electron chi connectivity index (χ4n) is 1.28. The Kier molecular flexibility index (Phi) is 3.16. The molecule has 1 aromatic carbocycles. The zero-order valence-corrected chi connectivity index (χ0v) is 11.4. The van der Waals surface area contributed by atoms with Crippen LogP contribution in [0.2, 0.25) is 0 Å². The molecule has 0 amide bonds. The molecule has 0 aliphatic heterocycles. The number of hydrogen-bond acceptors (Lipinski definition) is 5. The first kappa shape index (κ1) is 12.1. The molecule has 0 fully saturated rings. The van der Waals surface area contributed by atoms with Gasteiger partial charge in [0.1, 0.15) is 4.47 Å². The van der Waals surface area contributed by atoms with Crippen molar-refractivity contribution in [1.82, 2.24) is 5.16 Å². The Hall–Kier alpha value is -1.41. The van der Waals surface area contributed by atoms with Gasteiger partial charge in [-0.25, -0.2) is 0 Å². The van der Waals surface area contributed by atoms with Gasteiger partial charge < -0.3 is 10.3 Å². The van der Waals surface area contributed by atoms with Crippen LogP contribution in [0.4, 0.5) is 11.5 Å². The molecule has 0 saturated heterocycles. The number of nitrogens with two attached hydrogens (primary N) is 1. The number of hydrogen-bond donors (Lipinski definition) is 1. The highest BCUT2D eigenvalue weighted by Gasteiger charge is 2.17. The third kappa shape index (κ3) is 2.32. The molecule has 1 aromatic heterocycles. The van der Waals surface area contributed by atoms with E-state index in [0.717, 1.165) is 0 Å². The van der Waals surface area contributed by atoms with E-state index >= 15 is 0 Å². The average molecular weight is 363 g/mol. The molecule has 17 heavy (non-hydrogen) atoms. The molecule has 0 aliphatic rings. The Bertz CT molecular complexity index is 597. The maximum atomic E-state index is 10.7. The minimum absolute atomic E-state index is 0.0451. The molecule has 0 spiro atoms. The minimum Gasteiger partial charge on any atom is -0.380 e. The van der Waals surface area contributed by atoms with E-state index in [1.54, 1.807) is 6.07 Å². The third-order valence-electron chi connectivity index (χ3n) is 2.02. The van der Waals surface area contributed by atoms with Gasteiger partial charge in [0.25, 0.3) is 5.69 Å². The van der Waals surface area contributed by atoms with Crippen LogP contribution < -0.4 is 5.73 Å². The second-order valence-electron chi connectivity index (χ2n) is 3.17. The summed E-state index contributed by atoms with van der Waals surface area (Å²) in [5.41, 5.74) is 5.99. The summed E-state index contributed by atoms with van der Waals surface area (Å²) in [6.45, 7) is 0. The summed E-state index contributed by atoms with van der Waals surface area (Å²) in [5, 5.41) is 14.3. The quantitative estimate of drug-likeness (QED) is 0.652. The molecule has 2 rings (SSSR count). The van der Waals surface area contributed by atoms with Gasteiger partial charge in [0.05, 0.1) is 4.92 Å². The van der Waals surface area contributed by atoms with Gasteiger partial charge in [0.2, 0.25) is 0 Å². The van der Waals surface area contributed by atoms with Crippen LogP contribution in [0, 0.1) is 10.1 Å². The number of nitrogens with zero attached hydrogens (tertiary/aromatic N) is 2. The fourth-order valence-corrected chi connectivity index (χ4v) is 2.14. The Balaban J connectivity index is 2.60. The van der Waals surface area contributed by atoms with Crippen LogP contribution in [-0.4, -0.2) is 10.1 Å². The lowest BCUT2D eigenvalue weighted by Crippen LogP contribution is -1.89. The molecule has 2 N–H and O–H groups in total. The second kappa shape index (κ2) is 4.46.